The van der Waals surface area contributed by atoms with Crippen LogP contribution in [0.15, 0.2) is 24.3 Å². The van der Waals surface area contributed by atoms with Crippen LogP contribution in [0.5, 0.6) is 0 Å². The second-order valence-corrected chi connectivity index (χ2v) is 5.06. The lowest BCUT2D eigenvalue weighted by atomic mass is 10.0. The van der Waals surface area contributed by atoms with Crippen LogP contribution in [-0.4, -0.2) is 29.1 Å². The summed E-state index contributed by atoms with van der Waals surface area (Å²) in [7, 11) is 0. The number of rotatable bonds is 6. The topological polar surface area (TPSA) is 122 Å². The number of nitrogens with two attached hydrogens (primary N) is 1. The first kappa shape index (κ1) is 16.5. The van der Waals surface area contributed by atoms with E-state index < -0.39 is 23.9 Å². The third kappa shape index (κ3) is 5.52. The lowest BCUT2D eigenvalue weighted by Gasteiger charge is -2.16. The minimum Gasteiger partial charge on any atom is -0.480 e. The molecule has 0 saturated heterocycles. The predicted octanol–water partition coefficient (Wildman–Crippen LogP) is 1.41. The van der Waals surface area contributed by atoms with Crippen molar-refractivity contribution >= 4 is 23.6 Å². The van der Waals surface area contributed by atoms with Crippen molar-refractivity contribution in [3.63, 3.8) is 0 Å². The summed E-state index contributed by atoms with van der Waals surface area (Å²) in [6, 6.07) is 4.36. The molecule has 0 aliphatic heterocycles. The monoisotopic (exact) mass is 293 g/mol. The van der Waals surface area contributed by atoms with Crippen LogP contribution in [0.25, 0.3) is 0 Å². The normalized spacial score (nSPS) is 11.8. The van der Waals surface area contributed by atoms with Gasteiger partial charge in [0.1, 0.15) is 6.04 Å². The van der Waals surface area contributed by atoms with Crippen LogP contribution in [0.4, 0.5) is 10.5 Å². The number of primary amides is 1. The molecule has 114 valence electrons. The van der Waals surface area contributed by atoms with E-state index in [1.165, 1.54) is 24.3 Å². The molecule has 5 N–H and O–H groups in total. The van der Waals surface area contributed by atoms with Gasteiger partial charge in [0, 0.05) is 11.3 Å². The van der Waals surface area contributed by atoms with Gasteiger partial charge in [-0.1, -0.05) is 13.8 Å². The summed E-state index contributed by atoms with van der Waals surface area (Å²) in [4.78, 5) is 33.8. The van der Waals surface area contributed by atoms with Crippen LogP contribution in [0, 0.1) is 5.92 Å². The number of carboxylic acid groups (broad SMARTS) is 1. The Balaban J connectivity index is 2.73. The highest BCUT2D eigenvalue weighted by atomic mass is 16.4. The van der Waals surface area contributed by atoms with E-state index in [0.717, 1.165) is 0 Å². The average Bonchev–Trinajstić information content (AvgIpc) is 2.37. The van der Waals surface area contributed by atoms with E-state index in [0.29, 0.717) is 17.7 Å². The molecule has 7 nitrogen and oxygen atoms in total. The number of carbonyl (C=O) groups is 3. The molecule has 0 saturated carbocycles. The van der Waals surface area contributed by atoms with E-state index in [9.17, 15) is 14.4 Å². The van der Waals surface area contributed by atoms with E-state index in [1.807, 2.05) is 13.8 Å². The molecule has 0 fully saturated rings. The van der Waals surface area contributed by atoms with Crippen LogP contribution in [0.3, 0.4) is 0 Å². The Hall–Kier alpha value is -2.57. The molecule has 0 aromatic heterocycles. The fourth-order valence-electron chi connectivity index (χ4n) is 1.78. The summed E-state index contributed by atoms with van der Waals surface area (Å²) in [5.41, 5.74) is 5.73. The van der Waals surface area contributed by atoms with E-state index in [-0.39, 0.29) is 5.92 Å². The highest BCUT2D eigenvalue weighted by molar-refractivity contribution is 5.97. The maximum atomic E-state index is 12.0. The zero-order valence-corrected chi connectivity index (χ0v) is 11.9. The molecule has 1 rings (SSSR count). The number of benzene rings is 1. The number of amides is 3. The summed E-state index contributed by atoms with van der Waals surface area (Å²) in [5, 5.41) is 13.9. The minimum absolute atomic E-state index is 0.147. The third-order valence-electron chi connectivity index (χ3n) is 2.73. The molecule has 0 heterocycles. The Kier molecular flexibility index (Phi) is 5.71. The summed E-state index contributed by atoms with van der Waals surface area (Å²) < 4.78 is 0. The van der Waals surface area contributed by atoms with Crippen molar-refractivity contribution in [1.82, 2.24) is 5.32 Å². The lowest BCUT2D eigenvalue weighted by Crippen LogP contribution is -2.41. The van der Waals surface area contributed by atoms with Crippen molar-refractivity contribution in [3.05, 3.63) is 29.8 Å². The van der Waals surface area contributed by atoms with Gasteiger partial charge in [-0.2, -0.15) is 0 Å². The molecule has 3 amide bonds. The Morgan fingerprint density at radius 2 is 1.76 bits per heavy atom. The predicted molar refractivity (Wildman–Crippen MR) is 78.0 cm³/mol. The number of hydrogen-bond donors (Lipinski definition) is 4. The molecule has 0 aliphatic carbocycles. The molecular weight excluding hydrogens is 274 g/mol. The second-order valence-electron chi connectivity index (χ2n) is 5.06. The number of nitrogens with one attached hydrogen (secondary N) is 2. The lowest BCUT2D eigenvalue weighted by molar-refractivity contribution is -0.139. The zero-order chi connectivity index (χ0) is 16.0. The minimum atomic E-state index is -1.07. The number of aliphatic carboxylic acids is 1. The first-order valence-electron chi connectivity index (χ1n) is 6.49. The molecule has 21 heavy (non-hydrogen) atoms. The summed E-state index contributed by atoms with van der Waals surface area (Å²) in [6.07, 6.45) is 0.350. The fraction of sp³-hybridized carbons (Fsp3) is 0.357. The number of carboxylic acids is 1. The second kappa shape index (κ2) is 7.28. The Morgan fingerprint density at radius 3 is 2.19 bits per heavy atom. The quantitative estimate of drug-likeness (QED) is 0.633. The number of hydrogen-bond acceptors (Lipinski definition) is 3. The maximum Gasteiger partial charge on any atom is 0.326 e. The summed E-state index contributed by atoms with van der Waals surface area (Å²) >= 11 is 0. The van der Waals surface area contributed by atoms with E-state index >= 15 is 0 Å². The SMILES string of the molecule is CC(C)C[C@H](NC(=O)c1ccc(NC(N)=O)cc1)C(=O)O. The first-order valence-corrected chi connectivity index (χ1v) is 6.49. The van der Waals surface area contributed by atoms with Gasteiger partial charge in [-0.15, -0.1) is 0 Å². The fourth-order valence-corrected chi connectivity index (χ4v) is 1.78. The highest BCUT2D eigenvalue weighted by Crippen LogP contribution is 2.11. The van der Waals surface area contributed by atoms with Crippen molar-refractivity contribution in [3.8, 4) is 0 Å². The summed E-state index contributed by atoms with van der Waals surface area (Å²) in [5.74, 6) is -1.40. The molecule has 1 aromatic rings. The van der Waals surface area contributed by atoms with E-state index in [2.05, 4.69) is 10.6 Å². The van der Waals surface area contributed by atoms with Gasteiger partial charge in [0.05, 0.1) is 0 Å². The molecule has 0 bridgehead atoms. The first-order chi connectivity index (χ1) is 9.79. The summed E-state index contributed by atoms with van der Waals surface area (Å²) in [6.45, 7) is 3.76. The van der Waals surface area contributed by atoms with Crippen molar-refractivity contribution in [2.24, 2.45) is 11.7 Å². The van der Waals surface area contributed by atoms with E-state index in [1.54, 1.807) is 0 Å². The van der Waals surface area contributed by atoms with Gasteiger partial charge in [0.2, 0.25) is 0 Å². The van der Waals surface area contributed by atoms with Crippen molar-refractivity contribution in [2.45, 2.75) is 26.3 Å². The largest absolute Gasteiger partial charge is 0.480 e. The van der Waals surface area contributed by atoms with Crippen LogP contribution in [0.1, 0.15) is 30.6 Å². The zero-order valence-electron chi connectivity index (χ0n) is 11.9. The molecular formula is C14H19N3O4. The molecule has 0 radical (unpaired) electrons. The van der Waals surface area contributed by atoms with Gasteiger partial charge in [0.25, 0.3) is 5.91 Å². The molecule has 1 aromatic carbocycles. The van der Waals surface area contributed by atoms with Gasteiger partial charge in [-0.05, 0) is 36.6 Å². The van der Waals surface area contributed by atoms with Gasteiger partial charge >= 0.3 is 12.0 Å². The van der Waals surface area contributed by atoms with Gasteiger partial charge in [-0.25, -0.2) is 9.59 Å². The average molecular weight is 293 g/mol. The Bertz CT molecular complexity index is 526. The molecule has 0 spiro atoms. The standard InChI is InChI=1S/C14H19N3O4/c1-8(2)7-11(13(19)20)17-12(18)9-3-5-10(6-4-9)16-14(15)21/h3-6,8,11H,7H2,1-2H3,(H,17,18)(H,19,20)(H3,15,16,21)/t11-/m0/s1. The molecule has 0 aliphatic rings. The van der Waals surface area contributed by atoms with Gasteiger partial charge in [0.15, 0.2) is 0 Å². The van der Waals surface area contributed by atoms with Crippen molar-refractivity contribution in [2.75, 3.05) is 5.32 Å². The number of carbonyl (C=O) groups excluding carboxylic acids is 2. The van der Waals surface area contributed by atoms with Crippen molar-refractivity contribution in [1.29, 1.82) is 0 Å². The maximum absolute atomic E-state index is 12.0. The van der Waals surface area contributed by atoms with Crippen molar-refractivity contribution < 1.29 is 19.5 Å². The van der Waals surface area contributed by atoms with Crippen LogP contribution < -0.4 is 16.4 Å². The van der Waals surface area contributed by atoms with E-state index in [4.69, 9.17) is 10.8 Å². The third-order valence-corrected chi connectivity index (χ3v) is 2.73. The van der Waals surface area contributed by atoms with Gasteiger partial charge in [-0.3, -0.25) is 4.79 Å². The van der Waals surface area contributed by atoms with Gasteiger partial charge < -0.3 is 21.5 Å². The molecule has 1 atom stereocenters. The van der Waals surface area contributed by atoms with Crippen LogP contribution in [-0.2, 0) is 4.79 Å². The number of urea groups is 1. The molecule has 7 heteroatoms. The van der Waals surface area contributed by atoms with Crippen LogP contribution >= 0.6 is 0 Å². The number of anilines is 1. The Labute approximate surface area is 122 Å². The smallest absolute Gasteiger partial charge is 0.326 e. The molecule has 0 unspecified atom stereocenters. The highest BCUT2D eigenvalue weighted by Gasteiger charge is 2.21. The van der Waals surface area contributed by atoms with Crippen LogP contribution in [0.2, 0.25) is 0 Å². The Morgan fingerprint density at radius 1 is 1.19 bits per heavy atom.